The van der Waals surface area contributed by atoms with Crippen LogP contribution in [0.15, 0.2) is 24.3 Å². The molecule has 1 aromatic carbocycles. The molecule has 22 heavy (non-hydrogen) atoms. The Balaban J connectivity index is 1.65. The summed E-state index contributed by atoms with van der Waals surface area (Å²) in [5.74, 6) is 0.441. The zero-order valence-corrected chi connectivity index (χ0v) is 13.1. The Morgan fingerprint density at radius 1 is 1.32 bits per heavy atom. The highest BCUT2D eigenvalue weighted by Crippen LogP contribution is 2.13. The summed E-state index contributed by atoms with van der Waals surface area (Å²) in [5.41, 5.74) is 1.63. The average Bonchev–Trinajstić information content (AvgIpc) is 3.06. The number of methoxy groups -OCH3 is 1. The standard InChI is InChI=1S/C17H24N2O3/c1-22-17(21)15-5-2-13(3-6-15)9-11-19-16(20)7-4-14-8-10-18-12-14/h2-3,5-6,14,18H,4,7-12H2,1H3,(H,19,20). The lowest BCUT2D eigenvalue weighted by atomic mass is 10.0. The predicted octanol–water partition coefficient (Wildman–Crippen LogP) is 1.52. The Morgan fingerprint density at radius 3 is 2.73 bits per heavy atom. The van der Waals surface area contributed by atoms with Gasteiger partial charge in [-0.05, 0) is 56.0 Å². The summed E-state index contributed by atoms with van der Waals surface area (Å²) in [6, 6.07) is 7.28. The third-order valence-electron chi connectivity index (χ3n) is 4.05. The van der Waals surface area contributed by atoms with Crippen molar-refractivity contribution in [2.75, 3.05) is 26.7 Å². The van der Waals surface area contributed by atoms with E-state index in [0.29, 0.717) is 24.4 Å². The van der Waals surface area contributed by atoms with Crippen LogP contribution in [0.3, 0.4) is 0 Å². The summed E-state index contributed by atoms with van der Waals surface area (Å²) >= 11 is 0. The minimum absolute atomic E-state index is 0.123. The Morgan fingerprint density at radius 2 is 2.09 bits per heavy atom. The number of hydrogen-bond acceptors (Lipinski definition) is 4. The molecule has 5 nitrogen and oxygen atoms in total. The molecule has 1 aromatic rings. The maximum absolute atomic E-state index is 11.8. The molecule has 1 aliphatic heterocycles. The molecule has 2 rings (SSSR count). The molecule has 120 valence electrons. The Kier molecular flexibility index (Phi) is 6.40. The number of ether oxygens (including phenoxy) is 1. The lowest BCUT2D eigenvalue weighted by Crippen LogP contribution is -2.26. The Labute approximate surface area is 131 Å². The minimum atomic E-state index is -0.332. The lowest BCUT2D eigenvalue weighted by molar-refractivity contribution is -0.121. The zero-order chi connectivity index (χ0) is 15.8. The van der Waals surface area contributed by atoms with Crippen molar-refractivity contribution >= 4 is 11.9 Å². The number of benzene rings is 1. The number of carbonyl (C=O) groups excluding carboxylic acids is 2. The van der Waals surface area contributed by atoms with Crippen LogP contribution < -0.4 is 10.6 Å². The van der Waals surface area contributed by atoms with E-state index in [2.05, 4.69) is 15.4 Å². The van der Waals surface area contributed by atoms with E-state index in [1.54, 1.807) is 12.1 Å². The maximum Gasteiger partial charge on any atom is 0.337 e. The molecule has 1 fully saturated rings. The van der Waals surface area contributed by atoms with Crippen LogP contribution in [0, 0.1) is 5.92 Å². The molecule has 0 saturated carbocycles. The molecule has 0 aliphatic carbocycles. The Hall–Kier alpha value is -1.88. The number of hydrogen-bond donors (Lipinski definition) is 2. The number of carbonyl (C=O) groups is 2. The number of nitrogens with one attached hydrogen (secondary N) is 2. The molecule has 0 spiro atoms. The van der Waals surface area contributed by atoms with Crippen LogP contribution >= 0.6 is 0 Å². The van der Waals surface area contributed by atoms with Gasteiger partial charge in [-0.25, -0.2) is 4.79 Å². The van der Waals surface area contributed by atoms with Crippen molar-refractivity contribution in [3.63, 3.8) is 0 Å². The molecule has 1 heterocycles. The van der Waals surface area contributed by atoms with E-state index >= 15 is 0 Å². The quantitative estimate of drug-likeness (QED) is 0.750. The molecule has 1 aliphatic rings. The normalized spacial score (nSPS) is 17.2. The third-order valence-corrected chi connectivity index (χ3v) is 4.05. The molecule has 5 heteroatoms. The molecule has 1 amide bonds. The lowest BCUT2D eigenvalue weighted by Gasteiger charge is -2.09. The highest BCUT2D eigenvalue weighted by Gasteiger charge is 2.15. The van der Waals surface area contributed by atoms with Crippen molar-refractivity contribution in [3.8, 4) is 0 Å². The second-order valence-electron chi connectivity index (χ2n) is 5.69. The van der Waals surface area contributed by atoms with E-state index in [-0.39, 0.29) is 11.9 Å². The fourth-order valence-electron chi connectivity index (χ4n) is 2.66. The van der Waals surface area contributed by atoms with Gasteiger partial charge in [-0.3, -0.25) is 4.79 Å². The van der Waals surface area contributed by atoms with E-state index < -0.39 is 0 Å². The van der Waals surface area contributed by atoms with Gasteiger partial charge in [-0.15, -0.1) is 0 Å². The molecule has 0 radical (unpaired) electrons. The van der Waals surface area contributed by atoms with E-state index in [1.165, 1.54) is 13.5 Å². The van der Waals surface area contributed by atoms with Gasteiger partial charge in [0.2, 0.25) is 5.91 Å². The summed E-state index contributed by atoms with van der Waals surface area (Å²) in [5, 5.41) is 6.27. The molecule has 1 saturated heterocycles. The van der Waals surface area contributed by atoms with Gasteiger partial charge in [0.15, 0.2) is 0 Å². The predicted molar refractivity (Wildman–Crippen MR) is 84.7 cm³/mol. The van der Waals surface area contributed by atoms with Crippen LogP contribution in [0.2, 0.25) is 0 Å². The summed E-state index contributed by atoms with van der Waals surface area (Å²) < 4.78 is 4.66. The van der Waals surface area contributed by atoms with Crippen LogP contribution in [0.1, 0.15) is 35.2 Å². The van der Waals surface area contributed by atoms with Gasteiger partial charge in [-0.1, -0.05) is 12.1 Å². The van der Waals surface area contributed by atoms with Crippen LogP contribution in [0.5, 0.6) is 0 Å². The first-order chi connectivity index (χ1) is 10.7. The molecule has 2 N–H and O–H groups in total. The number of rotatable bonds is 7. The van der Waals surface area contributed by atoms with Gasteiger partial charge >= 0.3 is 5.97 Å². The van der Waals surface area contributed by atoms with Crippen molar-refractivity contribution in [2.24, 2.45) is 5.92 Å². The molecular weight excluding hydrogens is 280 g/mol. The Bertz CT molecular complexity index is 493. The monoisotopic (exact) mass is 304 g/mol. The third kappa shape index (κ3) is 5.15. The SMILES string of the molecule is COC(=O)c1ccc(CCNC(=O)CCC2CCNC2)cc1. The van der Waals surface area contributed by atoms with E-state index in [9.17, 15) is 9.59 Å². The zero-order valence-electron chi connectivity index (χ0n) is 13.1. The van der Waals surface area contributed by atoms with Crippen molar-refractivity contribution < 1.29 is 14.3 Å². The second kappa shape index (κ2) is 8.54. The summed E-state index contributed by atoms with van der Waals surface area (Å²) in [6.45, 7) is 2.74. The van der Waals surface area contributed by atoms with Gasteiger partial charge < -0.3 is 15.4 Å². The van der Waals surface area contributed by atoms with Crippen molar-refractivity contribution in [2.45, 2.75) is 25.7 Å². The fraction of sp³-hybridized carbons (Fsp3) is 0.529. The summed E-state index contributed by atoms with van der Waals surface area (Å²) in [7, 11) is 1.37. The smallest absolute Gasteiger partial charge is 0.337 e. The highest BCUT2D eigenvalue weighted by atomic mass is 16.5. The largest absolute Gasteiger partial charge is 0.465 e. The van der Waals surface area contributed by atoms with Gasteiger partial charge in [-0.2, -0.15) is 0 Å². The van der Waals surface area contributed by atoms with Gasteiger partial charge in [0.05, 0.1) is 12.7 Å². The van der Waals surface area contributed by atoms with Gasteiger partial charge in [0.25, 0.3) is 0 Å². The molecule has 1 atom stereocenters. The van der Waals surface area contributed by atoms with Gasteiger partial charge in [0, 0.05) is 13.0 Å². The van der Waals surface area contributed by atoms with E-state index in [1.807, 2.05) is 12.1 Å². The van der Waals surface area contributed by atoms with Gasteiger partial charge in [0.1, 0.15) is 0 Å². The van der Waals surface area contributed by atoms with E-state index in [4.69, 9.17) is 0 Å². The molecule has 0 bridgehead atoms. The summed E-state index contributed by atoms with van der Waals surface area (Å²) in [6.07, 6.45) is 3.51. The van der Waals surface area contributed by atoms with E-state index in [0.717, 1.165) is 31.5 Å². The average molecular weight is 304 g/mol. The number of amides is 1. The first kappa shape index (κ1) is 16.5. The van der Waals surface area contributed by atoms with Crippen molar-refractivity contribution in [1.29, 1.82) is 0 Å². The second-order valence-corrected chi connectivity index (χ2v) is 5.69. The molecule has 0 aromatic heterocycles. The number of esters is 1. The molecule has 1 unspecified atom stereocenters. The maximum atomic E-state index is 11.8. The first-order valence-corrected chi connectivity index (χ1v) is 7.83. The van der Waals surface area contributed by atoms with Crippen LogP contribution in [-0.2, 0) is 16.0 Å². The van der Waals surface area contributed by atoms with Crippen LogP contribution in [0.4, 0.5) is 0 Å². The highest BCUT2D eigenvalue weighted by molar-refractivity contribution is 5.89. The minimum Gasteiger partial charge on any atom is -0.465 e. The van der Waals surface area contributed by atoms with Crippen molar-refractivity contribution in [3.05, 3.63) is 35.4 Å². The topological polar surface area (TPSA) is 67.4 Å². The van der Waals surface area contributed by atoms with Crippen LogP contribution in [-0.4, -0.2) is 38.6 Å². The summed E-state index contributed by atoms with van der Waals surface area (Å²) in [4.78, 5) is 23.1. The molecular formula is C17H24N2O3. The van der Waals surface area contributed by atoms with Crippen LogP contribution in [0.25, 0.3) is 0 Å². The van der Waals surface area contributed by atoms with Crippen molar-refractivity contribution in [1.82, 2.24) is 10.6 Å². The fourth-order valence-corrected chi connectivity index (χ4v) is 2.66. The first-order valence-electron chi connectivity index (χ1n) is 7.83.